The molecule has 0 amide bonds. The van der Waals surface area contributed by atoms with Gasteiger partial charge in [0.2, 0.25) is 0 Å². The van der Waals surface area contributed by atoms with Crippen molar-refractivity contribution < 1.29 is 13.5 Å². The number of nitrogens with zero attached hydrogens (tertiary/aromatic N) is 1. The number of aryl methyl sites for hydroxylation is 1. The Labute approximate surface area is 134 Å². The first-order valence-electron chi connectivity index (χ1n) is 7.84. The Morgan fingerprint density at radius 2 is 1.91 bits per heavy atom. The summed E-state index contributed by atoms with van der Waals surface area (Å²) in [5.74, 6) is -0.312. The number of hydrogen-bond acceptors (Lipinski definition) is 2. The average molecular weight is 315 g/mol. The second-order valence-electron chi connectivity index (χ2n) is 5.70. The number of benzene rings is 2. The Morgan fingerprint density at radius 3 is 2.61 bits per heavy atom. The van der Waals surface area contributed by atoms with E-state index in [1.165, 1.54) is 18.2 Å². The van der Waals surface area contributed by atoms with E-state index in [0.29, 0.717) is 18.7 Å². The van der Waals surface area contributed by atoms with E-state index < -0.39 is 11.6 Å². The number of rotatable bonds is 4. The van der Waals surface area contributed by atoms with Crippen LogP contribution in [0.3, 0.4) is 0 Å². The van der Waals surface area contributed by atoms with Crippen LogP contribution in [0.15, 0.2) is 41.4 Å². The molecule has 1 aliphatic rings. The Balaban J connectivity index is 1.97. The maximum atomic E-state index is 13.9. The minimum atomic E-state index is -0.557. The first kappa shape index (κ1) is 15.7. The van der Waals surface area contributed by atoms with E-state index in [0.717, 1.165) is 23.3 Å². The molecule has 0 aromatic heterocycles. The molecule has 120 valence electrons. The van der Waals surface area contributed by atoms with E-state index in [9.17, 15) is 8.78 Å². The average Bonchev–Trinajstić information content (AvgIpc) is 2.97. The molecule has 23 heavy (non-hydrogen) atoms. The van der Waals surface area contributed by atoms with Crippen molar-refractivity contribution >= 4 is 5.71 Å². The standard InChI is InChI=1S/C19H19F2NO/c1-3-23-18-11-12(2)7-8-13(18)16-9-10-17(22-16)19-14(20)5-4-6-15(19)21/h4-8,11,16H,3,9-10H2,1-2H3/t16-/m1/s1. The molecule has 0 fully saturated rings. The third-order valence-electron chi connectivity index (χ3n) is 4.05. The lowest BCUT2D eigenvalue weighted by Gasteiger charge is -2.14. The van der Waals surface area contributed by atoms with Crippen LogP contribution in [0.5, 0.6) is 5.75 Å². The molecule has 2 nitrogen and oxygen atoms in total. The fourth-order valence-corrected chi connectivity index (χ4v) is 2.98. The lowest BCUT2D eigenvalue weighted by atomic mass is 10.0. The Kier molecular flexibility index (Phi) is 4.42. The second kappa shape index (κ2) is 6.49. The molecule has 3 rings (SSSR count). The summed E-state index contributed by atoms with van der Waals surface area (Å²) in [6.45, 7) is 4.51. The highest BCUT2D eigenvalue weighted by atomic mass is 19.1. The van der Waals surface area contributed by atoms with Crippen LogP contribution in [0.4, 0.5) is 8.78 Å². The molecular formula is C19H19F2NO. The van der Waals surface area contributed by atoms with Crippen LogP contribution in [0, 0.1) is 18.6 Å². The molecule has 1 aliphatic heterocycles. The van der Waals surface area contributed by atoms with Gasteiger partial charge in [0.1, 0.15) is 17.4 Å². The van der Waals surface area contributed by atoms with Gasteiger partial charge in [0.15, 0.2) is 0 Å². The molecule has 0 bridgehead atoms. The van der Waals surface area contributed by atoms with Crippen LogP contribution in [-0.2, 0) is 0 Å². The molecule has 0 saturated heterocycles. The first-order chi connectivity index (χ1) is 11.1. The summed E-state index contributed by atoms with van der Waals surface area (Å²) in [5, 5.41) is 0. The lowest BCUT2D eigenvalue weighted by molar-refractivity contribution is 0.334. The van der Waals surface area contributed by atoms with Gasteiger partial charge in [-0.3, -0.25) is 4.99 Å². The van der Waals surface area contributed by atoms with Gasteiger partial charge in [0.25, 0.3) is 0 Å². The van der Waals surface area contributed by atoms with E-state index in [-0.39, 0.29) is 11.6 Å². The minimum Gasteiger partial charge on any atom is -0.494 e. The van der Waals surface area contributed by atoms with Gasteiger partial charge in [0.05, 0.1) is 18.2 Å². The fourth-order valence-electron chi connectivity index (χ4n) is 2.98. The van der Waals surface area contributed by atoms with Crippen LogP contribution < -0.4 is 4.74 Å². The minimum absolute atomic E-state index is 0.0000663. The monoisotopic (exact) mass is 315 g/mol. The summed E-state index contributed by atoms with van der Waals surface area (Å²) >= 11 is 0. The predicted molar refractivity (Wildman–Crippen MR) is 87.2 cm³/mol. The van der Waals surface area contributed by atoms with Gasteiger partial charge in [-0.1, -0.05) is 18.2 Å². The van der Waals surface area contributed by atoms with Crippen molar-refractivity contribution in [1.29, 1.82) is 0 Å². The molecule has 0 radical (unpaired) electrons. The highest BCUT2D eigenvalue weighted by Gasteiger charge is 2.26. The number of halogens is 2. The van der Waals surface area contributed by atoms with Crippen LogP contribution in [0.25, 0.3) is 0 Å². The first-order valence-corrected chi connectivity index (χ1v) is 7.84. The summed E-state index contributed by atoms with van der Waals surface area (Å²) in [5.41, 5.74) is 2.58. The normalized spacial score (nSPS) is 17.2. The van der Waals surface area contributed by atoms with Crippen LogP contribution in [0.2, 0.25) is 0 Å². The van der Waals surface area contributed by atoms with Crippen LogP contribution in [0.1, 0.15) is 42.5 Å². The van der Waals surface area contributed by atoms with Gasteiger partial charge in [-0.2, -0.15) is 0 Å². The molecule has 2 aromatic rings. The maximum Gasteiger partial charge on any atom is 0.135 e. The van der Waals surface area contributed by atoms with Crippen molar-refractivity contribution in [3.05, 3.63) is 64.7 Å². The summed E-state index contributed by atoms with van der Waals surface area (Å²) in [4.78, 5) is 4.58. The van der Waals surface area contributed by atoms with E-state index in [1.807, 2.05) is 32.0 Å². The molecule has 0 saturated carbocycles. The fraction of sp³-hybridized carbons (Fsp3) is 0.316. The molecular weight excluding hydrogens is 296 g/mol. The van der Waals surface area contributed by atoms with Gasteiger partial charge in [-0.25, -0.2) is 8.78 Å². The van der Waals surface area contributed by atoms with Crippen molar-refractivity contribution in [2.75, 3.05) is 6.61 Å². The largest absolute Gasteiger partial charge is 0.494 e. The Hall–Kier alpha value is -2.23. The molecule has 4 heteroatoms. The van der Waals surface area contributed by atoms with Gasteiger partial charge >= 0.3 is 0 Å². The molecule has 1 atom stereocenters. The zero-order chi connectivity index (χ0) is 16.4. The number of ether oxygens (including phenoxy) is 1. The Bertz CT molecular complexity index is 735. The molecule has 2 aromatic carbocycles. The third-order valence-corrected chi connectivity index (χ3v) is 4.05. The van der Waals surface area contributed by atoms with Crippen LogP contribution >= 0.6 is 0 Å². The van der Waals surface area contributed by atoms with Crippen LogP contribution in [-0.4, -0.2) is 12.3 Å². The summed E-state index contributed by atoms with van der Waals surface area (Å²) < 4.78 is 33.6. The van der Waals surface area contributed by atoms with Gasteiger partial charge < -0.3 is 4.74 Å². The zero-order valence-electron chi connectivity index (χ0n) is 13.3. The number of hydrogen-bond donors (Lipinski definition) is 0. The topological polar surface area (TPSA) is 21.6 Å². The SMILES string of the molecule is CCOc1cc(C)ccc1[C@H]1CCC(c2c(F)cccc2F)=N1. The summed E-state index contributed by atoms with van der Waals surface area (Å²) in [7, 11) is 0. The summed E-state index contributed by atoms with van der Waals surface area (Å²) in [6.07, 6.45) is 1.29. The zero-order valence-corrected chi connectivity index (χ0v) is 13.3. The second-order valence-corrected chi connectivity index (χ2v) is 5.70. The predicted octanol–water partition coefficient (Wildman–Crippen LogP) is 5.00. The molecule has 0 unspecified atom stereocenters. The smallest absolute Gasteiger partial charge is 0.135 e. The van der Waals surface area contributed by atoms with Crippen molar-refractivity contribution in [3.63, 3.8) is 0 Å². The number of aliphatic imine (C=N–C) groups is 1. The van der Waals surface area contributed by atoms with Gasteiger partial charge in [-0.15, -0.1) is 0 Å². The summed E-state index contributed by atoms with van der Waals surface area (Å²) in [6, 6.07) is 9.78. The van der Waals surface area contributed by atoms with Crippen molar-refractivity contribution in [1.82, 2.24) is 0 Å². The van der Waals surface area contributed by atoms with E-state index >= 15 is 0 Å². The third kappa shape index (κ3) is 3.11. The Morgan fingerprint density at radius 1 is 1.17 bits per heavy atom. The van der Waals surface area contributed by atoms with Gasteiger partial charge in [0, 0.05) is 11.3 Å². The molecule has 0 N–H and O–H groups in total. The highest BCUT2D eigenvalue weighted by Crippen LogP contribution is 2.37. The lowest BCUT2D eigenvalue weighted by Crippen LogP contribution is -2.03. The molecule has 0 aliphatic carbocycles. The van der Waals surface area contributed by atoms with Crippen molar-refractivity contribution in [2.45, 2.75) is 32.7 Å². The van der Waals surface area contributed by atoms with E-state index in [4.69, 9.17) is 4.74 Å². The molecule has 1 heterocycles. The highest BCUT2D eigenvalue weighted by molar-refractivity contribution is 6.02. The van der Waals surface area contributed by atoms with E-state index in [2.05, 4.69) is 4.99 Å². The molecule has 0 spiro atoms. The quantitative estimate of drug-likeness (QED) is 0.778. The van der Waals surface area contributed by atoms with E-state index in [1.54, 1.807) is 0 Å². The van der Waals surface area contributed by atoms with Gasteiger partial charge in [-0.05, 0) is 50.5 Å². The maximum absolute atomic E-state index is 13.9. The van der Waals surface area contributed by atoms with Crippen molar-refractivity contribution in [3.8, 4) is 5.75 Å². The van der Waals surface area contributed by atoms with Crippen molar-refractivity contribution in [2.24, 2.45) is 4.99 Å².